The molecule has 4 heteroatoms. The Balaban J connectivity index is 0.00000180. The monoisotopic (exact) mass is 297 g/mol. The Morgan fingerprint density at radius 2 is 1.58 bits per heavy atom. The number of benzene rings is 2. The quantitative estimate of drug-likeness (QED) is 0.841. The third-order valence-electron chi connectivity index (χ3n) is 2.66. The molecule has 0 saturated carbocycles. The lowest BCUT2D eigenvalue weighted by atomic mass is 10.0. The van der Waals surface area contributed by atoms with Gasteiger partial charge < -0.3 is 10.5 Å². The molecule has 0 aliphatic heterocycles. The predicted molar refractivity (Wildman–Crippen MR) is 83.3 cm³/mol. The van der Waals surface area contributed by atoms with E-state index in [1.807, 2.05) is 48.5 Å². The molecule has 0 radical (unpaired) electrons. The Labute approximate surface area is 124 Å². The summed E-state index contributed by atoms with van der Waals surface area (Å²) in [4.78, 5) is 0. The van der Waals surface area contributed by atoms with Crippen LogP contribution in [-0.2, 0) is 0 Å². The van der Waals surface area contributed by atoms with Crippen molar-refractivity contribution < 1.29 is 4.74 Å². The maximum absolute atomic E-state index is 6.22. The molecule has 2 aromatic rings. The highest BCUT2D eigenvalue weighted by Gasteiger charge is 2.08. The van der Waals surface area contributed by atoms with Gasteiger partial charge in [0.1, 0.15) is 5.75 Å². The van der Waals surface area contributed by atoms with Crippen LogP contribution in [-0.4, -0.2) is 13.2 Å². The molecule has 0 aliphatic carbocycles. The van der Waals surface area contributed by atoms with Crippen LogP contribution in [0.1, 0.15) is 6.42 Å². The van der Waals surface area contributed by atoms with E-state index in [0.717, 1.165) is 28.3 Å². The molecule has 19 heavy (non-hydrogen) atoms. The average Bonchev–Trinajstić information content (AvgIpc) is 2.40. The van der Waals surface area contributed by atoms with Gasteiger partial charge in [0.15, 0.2) is 0 Å². The molecular formula is C15H17Cl2NO. The molecule has 2 rings (SSSR count). The Kier molecular flexibility index (Phi) is 6.71. The highest BCUT2D eigenvalue weighted by molar-refractivity contribution is 6.33. The Morgan fingerprint density at radius 3 is 2.26 bits per heavy atom. The van der Waals surface area contributed by atoms with Gasteiger partial charge >= 0.3 is 0 Å². The van der Waals surface area contributed by atoms with Gasteiger partial charge in [-0.3, -0.25) is 0 Å². The van der Waals surface area contributed by atoms with Crippen LogP contribution in [0.3, 0.4) is 0 Å². The van der Waals surface area contributed by atoms with E-state index in [1.165, 1.54) is 0 Å². The van der Waals surface area contributed by atoms with Crippen molar-refractivity contribution in [3.8, 4) is 16.9 Å². The maximum atomic E-state index is 6.22. The molecule has 0 amide bonds. The summed E-state index contributed by atoms with van der Waals surface area (Å²) in [6, 6.07) is 15.7. The van der Waals surface area contributed by atoms with Crippen LogP contribution < -0.4 is 10.5 Å². The van der Waals surface area contributed by atoms with Crippen molar-refractivity contribution in [2.45, 2.75) is 6.42 Å². The molecule has 0 heterocycles. The standard InChI is InChI=1S/C15H16ClNO.ClH/c16-14-8-3-1-6-12(14)13-7-2-4-9-15(13)18-11-5-10-17;/h1-4,6-9H,5,10-11,17H2;1H. The highest BCUT2D eigenvalue weighted by Crippen LogP contribution is 2.34. The fraction of sp³-hybridized carbons (Fsp3) is 0.200. The maximum Gasteiger partial charge on any atom is 0.127 e. The summed E-state index contributed by atoms with van der Waals surface area (Å²) >= 11 is 6.22. The fourth-order valence-electron chi connectivity index (χ4n) is 1.76. The molecule has 2 N–H and O–H groups in total. The zero-order valence-electron chi connectivity index (χ0n) is 10.5. The molecule has 102 valence electrons. The van der Waals surface area contributed by atoms with Gasteiger partial charge in [-0.25, -0.2) is 0 Å². The van der Waals surface area contributed by atoms with Crippen LogP contribution in [0, 0.1) is 0 Å². The van der Waals surface area contributed by atoms with E-state index in [1.54, 1.807) is 0 Å². The van der Waals surface area contributed by atoms with E-state index in [4.69, 9.17) is 22.1 Å². The topological polar surface area (TPSA) is 35.2 Å². The van der Waals surface area contributed by atoms with Crippen molar-refractivity contribution in [2.75, 3.05) is 13.2 Å². The van der Waals surface area contributed by atoms with Gasteiger partial charge in [0.2, 0.25) is 0 Å². The summed E-state index contributed by atoms with van der Waals surface area (Å²) in [6.45, 7) is 1.26. The number of para-hydroxylation sites is 1. The van der Waals surface area contributed by atoms with Crippen molar-refractivity contribution in [1.29, 1.82) is 0 Å². The van der Waals surface area contributed by atoms with Crippen LogP contribution in [0.2, 0.25) is 5.02 Å². The van der Waals surface area contributed by atoms with Gasteiger partial charge in [0.05, 0.1) is 6.61 Å². The first-order valence-electron chi connectivity index (χ1n) is 5.99. The van der Waals surface area contributed by atoms with Crippen molar-refractivity contribution in [2.24, 2.45) is 5.73 Å². The van der Waals surface area contributed by atoms with Crippen molar-refractivity contribution in [1.82, 2.24) is 0 Å². The normalized spacial score (nSPS) is 9.79. The molecular weight excluding hydrogens is 281 g/mol. The molecule has 2 aromatic carbocycles. The first-order chi connectivity index (χ1) is 8.83. The molecule has 0 unspecified atom stereocenters. The first kappa shape index (κ1) is 15.8. The van der Waals surface area contributed by atoms with Crippen LogP contribution >= 0.6 is 24.0 Å². The minimum Gasteiger partial charge on any atom is -0.493 e. The van der Waals surface area contributed by atoms with Gasteiger partial charge in [-0.15, -0.1) is 12.4 Å². The van der Waals surface area contributed by atoms with Crippen LogP contribution in [0.5, 0.6) is 5.75 Å². The molecule has 0 spiro atoms. The third kappa shape index (κ3) is 4.13. The minimum atomic E-state index is 0. The second kappa shape index (κ2) is 8.05. The molecule has 0 saturated heterocycles. The SMILES string of the molecule is Cl.NCCCOc1ccccc1-c1ccccc1Cl. The zero-order valence-corrected chi connectivity index (χ0v) is 12.1. The Bertz CT molecular complexity index is 517. The summed E-state index contributed by atoms with van der Waals surface area (Å²) in [5.41, 5.74) is 7.47. The molecule has 0 aromatic heterocycles. The number of nitrogens with two attached hydrogens (primary N) is 1. The lowest BCUT2D eigenvalue weighted by molar-refractivity contribution is 0.314. The van der Waals surface area contributed by atoms with E-state index in [0.29, 0.717) is 13.2 Å². The van der Waals surface area contributed by atoms with Crippen molar-refractivity contribution in [3.05, 3.63) is 53.6 Å². The Morgan fingerprint density at radius 1 is 0.947 bits per heavy atom. The van der Waals surface area contributed by atoms with Crippen LogP contribution in [0.25, 0.3) is 11.1 Å². The predicted octanol–water partition coefficient (Wildman–Crippen LogP) is 4.16. The summed E-state index contributed by atoms with van der Waals surface area (Å²) in [5, 5.41) is 0.729. The number of ether oxygens (including phenoxy) is 1. The van der Waals surface area contributed by atoms with Crippen LogP contribution in [0.4, 0.5) is 0 Å². The van der Waals surface area contributed by atoms with E-state index in [9.17, 15) is 0 Å². The van der Waals surface area contributed by atoms with Crippen molar-refractivity contribution >= 4 is 24.0 Å². The lowest BCUT2D eigenvalue weighted by Crippen LogP contribution is -2.06. The van der Waals surface area contributed by atoms with Gasteiger partial charge in [0.25, 0.3) is 0 Å². The average molecular weight is 298 g/mol. The van der Waals surface area contributed by atoms with Gasteiger partial charge in [-0.2, -0.15) is 0 Å². The second-order valence-electron chi connectivity index (χ2n) is 3.97. The zero-order chi connectivity index (χ0) is 12.8. The second-order valence-corrected chi connectivity index (χ2v) is 4.37. The molecule has 0 bridgehead atoms. The van der Waals surface area contributed by atoms with Crippen molar-refractivity contribution in [3.63, 3.8) is 0 Å². The number of hydrogen-bond donors (Lipinski definition) is 1. The number of halogens is 2. The highest BCUT2D eigenvalue weighted by atomic mass is 35.5. The third-order valence-corrected chi connectivity index (χ3v) is 2.99. The molecule has 2 nitrogen and oxygen atoms in total. The summed E-state index contributed by atoms with van der Waals surface area (Å²) in [6.07, 6.45) is 0.844. The smallest absolute Gasteiger partial charge is 0.127 e. The summed E-state index contributed by atoms with van der Waals surface area (Å²) in [5.74, 6) is 0.846. The van der Waals surface area contributed by atoms with E-state index < -0.39 is 0 Å². The van der Waals surface area contributed by atoms with Gasteiger partial charge in [-0.05, 0) is 25.1 Å². The minimum absolute atomic E-state index is 0. The van der Waals surface area contributed by atoms with Gasteiger partial charge in [0, 0.05) is 16.1 Å². The fourth-order valence-corrected chi connectivity index (χ4v) is 2.00. The van der Waals surface area contributed by atoms with E-state index >= 15 is 0 Å². The summed E-state index contributed by atoms with van der Waals surface area (Å²) in [7, 11) is 0. The van der Waals surface area contributed by atoms with E-state index in [2.05, 4.69) is 0 Å². The molecule has 0 fully saturated rings. The Hall–Kier alpha value is -1.22. The lowest BCUT2D eigenvalue weighted by Gasteiger charge is -2.12. The first-order valence-corrected chi connectivity index (χ1v) is 6.37. The number of rotatable bonds is 5. The molecule has 0 atom stereocenters. The van der Waals surface area contributed by atoms with Crippen LogP contribution in [0.15, 0.2) is 48.5 Å². The number of hydrogen-bond acceptors (Lipinski definition) is 2. The molecule has 0 aliphatic rings. The largest absolute Gasteiger partial charge is 0.493 e. The van der Waals surface area contributed by atoms with E-state index in [-0.39, 0.29) is 12.4 Å². The summed E-state index contributed by atoms with van der Waals surface area (Å²) < 4.78 is 5.75. The van der Waals surface area contributed by atoms with Gasteiger partial charge in [-0.1, -0.05) is 48.0 Å².